The van der Waals surface area contributed by atoms with Crippen LogP contribution < -0.4 is 0 Å². The quantitative estimate of drug-likeness (QED) is 0.667. The lowest BCUT2D eigenvalue weighted by Gasteiger charge is -2.02. The van der Waals surface area contributed by atoms with Gasteiger partial charge in [-0.05, 0) is 6.92 Å². The average molecular weight is 206 g/mol. The van der Waals surface area contributed by atoms with E-state index in [2.05, 4.69) is 5.10 Å². The third-order valence-corrected chi connectivity index (χ3v) is 2.38. The maximum Gasteiger partial charge on any atom is 0.296 e. The molecular formula is C6H10N2O4S. The molecule has 0 aromatic carbocycles. The summed E-state index contributed by atoms with van der Waals surface area (Å²) in [6.45, 7) is 2.38. The predicted molar refractivity (Wildman–Crippen MR) is 44.4 cm³/mol. The van der Waals surface area contributed by atoms with E-state index in [9.17, 15) is 8.42 Å². The van der Waals surface area contributed by atoms with Crippen LogP contribution in [0.15, 0.2) is 12.4 Å². The van der Waals surface area contributed by atoms with Crippen LogP contribution in [-0.4, -0.2) is 27.9 Å². The minimum Gasteiger partial charge on any atom is -0.371 e. The molecule has 2 N–H and O–H groups in total. The molecule has 1 aromatic heterocycles. The average Bonchev–Trinajstić information content (AvgIpc) is 2.48. The molecule has 7 heteroatoms. The van der Waals surface area contributed by atoms with Gasteiger partial charge >= 0.3 is 0 Å². The maximum absolute atomic E-state index is 10.5. The Balaban J connectivity index is 2.96. The summed E-state index contributed by atoms with van der Waals surface area (Å²) >= 11 is 0. The fraction of sp³-hybridized carbons (Fsp3) is 0.500. The Morgan fingerprint density at radius 3 is 2.69 bits per heavy atom. The number of rotatable bonds is 3. The molecule has 0 amide bonds. The van der Waals surface area contributed by atoms with Gasteiger partial charge in [0, 0.05) is 18.3 Å². The lowest BCUT2D eigenvalue weighted by Crippen LogP contribution is -2.10. The molecule has 0 saturated heterocycles. The number of hydrogen-bond acceptors (Lipinski definition) is 4. The van der Waals surface area contributed by atoms with Gasteiger partial charge < -0.3 is 5.11 Å². The molecule has 1 aromatic rings. The van der Waals surface area contributed by atoms with E-state index < -0.39 is 15.6 Å². The highest BCUT2D eigenvalue weighted by Gasteiger charge is 2.22. The highest BCUT2D eigenvalue weighted by atomic mass is 32.2. The van der Waals surface area contributed by atoms with Crippen LogP contribution in [0.2, 0.25) is 0 Å². The van der Waals surface area contributed by atoms with E-state index in [1.165, 1.54) is 17.1 Å². The Bertz CT molecular complexity index is 383. The van der Waals surface area contributed by atoms with Crippen LogP contribution in [0, 0.1) is 0 Å². The van der Waals surface area contributed by atoms with Crippen molar-refractivity contribution in [1.82, 2.24) is 9.78 Å². The van der Waals surface area contributed by atoms with Crippen molar-refractivity contribution in [3.05, 3.63) is 18.0 Å². The van der Waals surface area contributed by atoms with Crippen molar-refractivity contribution in [2.45, 2.75) is 18.9 Å². The number of nitrogens with zero attached hydrogens (tertiary/aromatic N) is 2. The molecule has 0 saturated carbocycles. The van der Waals surface area contributed by atoms with Gasteiger partial charge in [0.05, 0.1) is 6.20 Å². The number of hydrogen-bond donors (Lipinski definition) is 2. The first kappa shape index (κ1) is 10.2. The third kappa shape index (κ3) is 2.27. The van der Waals surface area contributed by atoms with Crippen molar-refractivity contribution >= 4 is 10.1 Å². The van der Waals surface area contributed by atoms with Crippen LogP contribution >= 0.6 is 0 Å². The minimum absolute atomic E-state index is 0.0596. The summed E-state index contributed by atoms with van der Waals surface area (Å²) in [5, 5.41) is 12.8. The Kier molecular flexibility index (Phi) is 2.69. The highest BCUT2D eigenvalue weighted by Crippen LogP contribution is 2.16. The first-order valence-corrected chi connectivity index (χ1v) is 5.12. The topological polar surface area (TPSA) is 92.4 Å². The largest absolute Gasteiger partial charge is 0.371 e. The third-order valence-electron chi connectivity index (χ3n) is 1.54. The van der Waals surface area contributed by atoms with Crippen molar-refractivity contribution < 1.29 is 18.1 Å². The summed E-state index contributed by atoms with van der Waals surface area (Å²) in [5.74, 6) is 0. The lowest BCUT2D eigenvalue weighted by atomic mass is 10.4. The first-order valence-electron chi connectivity index (χ1n) is 3.62. The van der Waals surface area contributed by atoms with Crippen molar-refractivity contribution in [3.8, 4) is 0 Å². The second-order valence-electron chi connectivity index (χ2n) is 2.50. The molecule has 0 aliphatic rings. The summed E-state index contributed by atoms with van der Waals surface area (Å²) in [6, 6.07) is 0. The highest BCUT2D eigenvalue weighted by molar-refractivity contribution is 7.85. The van der Waals surface area contributed by atoms with Gasteiger partial charge in [-0.1, -0.05) is 0 Å². The minimum atomic E-state index is -4.45. The molecule has 74 valence electrons. The maximum atomic E-state index is 10.5. The van der Waals surface area contributed by atoms with Gasteiger partial charge in [-0.25, -0.2) is 0 Å². The van der Waals surface area contributed by atoms with Gasteiger partial charge in [0.1, 0.15) is 0 Å². The van der Waals surface area contributed by atoms with Gasteiger partial charge in [-0.3, -0.25) is 9.23 Å². The SMILES string of the molecule is CCn1cc(C(O)S(=O)(=O)O)cn1. The summed E-state index contributed by atoms with van der Waals surface area (Å²) < 4.78 is 31.0. The molecule has 13 heavy (non-hydrogen) atoms. The van der Waals surface area contributed by atoms with E-state index in [0.29, 0.717) is 6.54 Å². The Labute approximate surface area is 75.6 Å². The second kappa shape index (κ2) is 3.44. The molecule has 6 nitrogen and oxygen atoms in total. The van der Waals surface area contributed by atoms with Gasteiger partial charge in [-0.15, -0.1) is 0 Å². The first-order chi connectivity index (χ1) is 5.95. The Morgan fingerprint density at radius 2 is 2.31 bits per heavy atom. The van der Waals surface area contributed by atoms with E-state index in [1.54, 1.807) is 0 Å². The van der Waals surface area contributed by atoms with Gasteiger partial charge in [0.25, 0.3) is 10.1 Å². The molecule has 1 atom stereocenters. The van der Waals surface area contributed by atoms with E-state index in [-0.39, 0.29) is 5.56 Å². The van der Waals surface area contributed by atoms with Crippen LogP contribution in [0.4, 0.5) is 0 Å². The standard InChI is InChI=1S/C6H10N2O4S/c1-2-8-4-5(3-7-8)6(9)13(10,11)12/h3-4,6,9H,2H2,1H3,(H,10,11,12). The van der Waals surface area contributed by atoms with Crippen molar-refractivity contribution in [1.29, 1.82) is 0 Å². The molecule has 1 heterocycles. The number of aliphatic hydroxyl groups excluding tert-OH is 1. The zero-order valence-corrected chi connectivity index (χ0v) is 7.77. The van der Waals surface area contributed by atoms with Crippen LogP contribution in [0.25, 0.3) is 0 Å². The van der Waals surface area contributed by atoms with Gasteiger partial charge in [-0.2, -0.15) is 13.5 Å². The van der Waals surface area contributed by atoms with Crippen molar-refractivity contribution in [3.63, 3.8) is 0 Å². The smallest absolute Gasteiger partial charge is 0.296 e. The van der Waals surface area contributed by atoms with Gasteiger partial charge in [0.2, 0.25) is 5.44 Å². The zero-order chi connectivity index (χ0) is 10.1. The molecule has 1 unspecified atom stereocenters. The van der Waals surface area contributed by atoms with Crippen LogP contribution in [0.5, 0.6) is 0 Å². The molecule has 0 fully saturated rings. The fourth-order valence-corrected chi connectivity index (χ4v) is 1.32. The zero-order valence-electron chi connectivity index (χ0n) is 6.95. The van der Waals surface area contributed by atoms with Crippen LogP contribution in [0.1, 0.15) is 17.9 Å². The Morgan fingerprint density at radius 1 is 1.69 bits per heavy atom. The van der Waals surface area contributed by atoms with Crippen LogP contribution in [-0.2, 0) is 16.7 Å². The van der Waals surface area contributed by atoms with E-state index in [4.69, 9.17) is 9.66 Å². The molecule has 0 aliphatic heterocycles. The molecule has 0 bridgehead atoms. The molecule has 1 rings (SSSR count). The summed E-state index contributed by atoms with van der Waals surface area (Å²) in [5.41, 5.74) is -1.85. The normalized spacial score (nSPS) is 14.4. The van der Waals surface area contributed by atoms with Crippen LogP contribution in [0.3, 0.4) is 0 Å². The predicted octanol–water partition coefficient (Wildman–Crippen LogP) is -0.218. The van der Waals surface area contributed by atoms with Gasteiger partial charge in [0.15, 0.2) is 0 Å². The monoisotopic (exact) mass is 206 g/mol. The molecule has 0 spiro atoms. The van der Waals surface area contributed by atoms with Crippen molar-refractivity contribution in [2.75, 3.05) is 0 Å². The molecule has 0 radical (unpaired) electrons. The summed E-state index contributed by atoms with van der Waals surface area (Å²) in [7, 11) is -4.45. The second-order valence-corrected chi connectivity index (χ2v) is 3.97. The lowest BCUT2D eigenvalue weighted by molar-refractivity contribution is 0.238. The Hall–Kier alpha value is -0.920. The summed E-state index contributed by atoms with van der Waals surface area (Å²) in [6.07, 6.45) is 2.56. The molecular weight excluding hydrogens is 196 g/mol. The van der Waals surface area contributed by atoms with E-state index >= 15 is 0 Å². The van der Waals surface area contributed by atoms with E-state index in [0.717, 1.165) is 0 Å². The number of aromatic nitrogens is 2. The summed E-state index contributed by atoms with van der Waals surface area (Å²) in [4.78, 5) is 0. The van der Waals surface area contributed by atoms with E-state index in [1.807, 2.05) is 6.92 Å². The number of aliphatic hydroxyl groups is 1. The number of aryl methyl sites for hydroxylation is 1. The molecule has 0 aliphatic carbocycles. The van der Waals surface area contributed by atoms with Crippen molar-refractivity contribution in [2.24, 2.45) is 0 Å². The fourth-order valence-electron chi connectivity index (χ4n) is 0.852.